The quantitative estimate of drug-likeness (QED) is 0.501. The number of halogens is 2. The first-order valence-electron chi connectivity index (χ1n) is 1.93. The van der Waals surface area contributed by atoms with E-state index >= 15 is 0 Å². The Morgan fingerprint density at radius 1 is 1.14 bits per heavy atom. The van der Waals surface area contributed by atoms with E-state index in [0.29, 0.717) is 0 Å². The molecule has 40 valence electrons. The minimum Gasteiger partial charge on any atom is -0.128 e. The van der Waals surface area contributed by atoms with Crippen LogP contribution in [0.25, 0.3) is 0 Å². The molecule has 0 aliphatic rings. The average Bonchev–Trinajstić information content (AvgIpc) is 1.69. The molecule has 0 N–H and O–H groups in total. The van der Waals surface area contributed by atoms with Gasteiger partial charge in [0.25, 0.3) is 0 Å². The van der Waals surface area contributed by atoms with Crippen LogP contribution in [0.1, 0.15) is 0 Å². The lowest BCUT2D eigenvalue weighted by molar-refractivity contribution is 1.76. The summed E-state index contributed by atoms with van der Waals surface area (Å²) >= 11 is 6.45. The highest BCUT2D eigenvalue weighted by atomic mass is 79.9. The maximum Gasteiger partial charge on any atom is 0.0287 e. The van der Waals surface area contributed by atoms with Gasteiger partial charge < -0.3 is 0 Å². The molecular weight excluding hydrogens is 220 g/mol. The molecule has 0 aromatic rings. The first kappa shape index (κ1) is 7.48. The molecule has 0 radical (unpaired) electrons. The van der Waals surface area contributed by atoms with Gasteiger partial charge in [0.1, 0.15) is 0 Å². The molecule has 0 aromatic heterocycles. The van der Waals surface area contributed by atoms with E-state index in [1.54, 1.807) is 0 Å². The van der Waals surface area contributed by atoms with Gasteiger partial charge in [-0.25, -0.2) is 0 Å². The predicted octanol–water partition coefficient (Wildman–Crippen LogP) is 2.49. The molecule has 0 nitrogen and oxygen atoms in total. The van der Waals surface area contributed by atoms with Crippen LogP contribution in [0, 0.1) is 0 Å². The molecule has 0 aliphatic heterocycles. The van der Waals surface area contributed by atoms with Crippen LogP contribution in [-0.4, -0.2) is 10.7 Å². The van der Waals surface area contributed by atoms with Crippen molar-refractivity contribution in [2.24, 2.45) is 0 Å². The topological polar surface area (TPSA) is 0 Å². The Morgan fingerprint density at radius 3 is 1.86 bits per heavy atom. The Labute approximate surface area is 60.6 Å². The highest BCUT2D eigenvalue weighted by molar-refractivity contribution is 9.09. The molecule has 0 saturated carbocycles. The van der Waals surface area contributed by atoms with Gasteiger partial charge in [0.05, 0.1) is 0 Å². The molecule has 0 aromatic carbocycles. The van der Waals surface area contributed by atoms with E-state index in [2.05, 4.69) is 37.6 Å². The Hall–Kier alpha value is 0.480. The zero-order chi connectivity index (χ0) is 5.54. The van der Waals surface area contributed by atoms with E-state index < -0.39 is 0 Å². The minimum atomic E-state index is 0.885. The van der Waals surface area contributed by atoms with Crippen LogP contribution in [-0.2, 0) is 0 Å². The Bertz CT molecular complexity index is 72.1. The van der Waals surface area contributed by atoms with Crippen molar-refractivity contribution in [3.05, 3.63) is 17.9 Å². The fourth-order valence-electron chi connectivity index (χ4n) is 0.172. The van der Waals surface area contributed by atoms with Crippen LogP contribution in [0.15, 0.2) is 17.9 Å². The number of alkyl halides is 2. The van der Waals surface area contributed by atoms with E-state index in [1.807, 2.05) is 12.2 Å². The molecule has 0 rings (SSSR count). The highest BCUT2D eigenvalue weighted by Gasteiger charge is 1.59. The second kappa shape index (κ2) is 6.48. The molecule has 0 fully saturated rings. The first-order chi connectivity index (χ1) is 3.41. The normalized spacial score (nSPS) is 7.14. The fraction of sp³-hybridized carbons (Fsp3) is 0.400. The standard InChI is InChI=1S/C5H6Br2/c6-4-2-1-3-5-7/h2-3H,4-5H2. The van der Waals surface area contributed by atoms with E-state index in [0.717, 1.165) is 10.7 Å². The van der Waals surface area contributed by atoms with Crippen molar-refractivity contribution in [2.45, 2.75) is 0 Å². The van der Waals surface area contributed by atoms with Gasteiger partial charge in [-0.05, 0) is 12.2 Å². The van der Waals surface area contributed by atoms with Crippen molar-refractivity contribution in [2.75, 3.05) is 10.7 Å². The molecule has 7 heavy (non-hydrogen) atoms. The van der Waals surface area contributed by atoms with Gasteiger partial charge in [0.15, 0.2) is 0 Å². The van der Waals surface area contributed by atoms with Gasteiger partial charge in [-0.3, -0.25) is 0 Å². The van der Waals surface area contributed by atoms with Crippen molar-refractivity contribution in [1.29, 1.82) is 0 Å². The third-order valence-electron chi connectivity index (χ3n) is 0.390. The zero-order valence-corrected chi connectivity index (χ0v) is 7.00. The minimum absolute atomic E-state index is 0.885. The van der Waals surface area contributed by atoms with Crippen molar-refractivity contribution in [3.63, 3.8) is 0 Å². The molecule has 0 aliphatic carbocycles. The molecule has 0 atom stereocenters. The Morgan fingerprint density at radius 2 is 1.57 bits per heavy atom. The summed E-state index contributed by atoms with van der Waals surface area (Å²) in [4.78, 5) is 0. The molecule has 2 heteroatoms. The average molecular weight is 226 g/mol. The second-order valence-corrected chi connectivity index (χ2v) is 2.18. The summed E-state index contributed by atoms with van der Waals surface area (Å²) in [7, 11) is 0. The van der Waals surface area contributed by atoms with Gasteiger partial charge >= 0.3 is 0 Å². The summed E-state index contributed by atoms with van der Waals surface area (Å²) in [6.45, 7) is 0. The highest BCUT2D eigenvalue weighted by Crippen LogP contribution is 1.81. The van der Waals surface area contributed by atoms with Gasteiger partial charge in [0, 0.05) is 10.7 Å². The van der Waals surface area contributed by atoms with E-state index in [1.165, 1.54) is 0 Å². The van der Waals surface area contributed by atoms with Gasteiger partial charge in [-0.2, -0.15) is 0 Å². The van der Waals surface area contributed by atoms with E-state index in [-0.39, 0.29) is 0 Å². The lowest BCUT2D eigenvalue weighted by Crippen LogP contribution is -1.53. The number of rotatable bonds is 2. The second-order valence-electron chi connectivity index (χ2n) is 0.884. The van der Waals surface area contributed by atoms with Gasteiger partial charge in [-0.15, -0.1) is 5.73 Å². The summed E-state index contributed by atoms with van der Waals surface area (Å²) in [5.41, 5.74) is 2.94. The predicted molar refractivity (Wildman–Crippen MR) is 40.2 cm³/mol. The summed E-state index contributed by atoms with van der Waals surface area (Å²) in [6.07, 6.45) is 3.84. The number of hydrogen-bond donors (Lipinski definition) is 0. The third-order valence-corrected chi connectivity index (χ3v) is 1.04. The summed E-state index contributed by atoms with van der Waals surface area (Å²) in [5.74, 6) is 0. The lowest BCUT2D eigenvalue weighted by atomic mass is 10.6. The van der Waals surface area contributed by atoms with Crippen LogP contribution >= 0.6 is 31.9 Å². The van der Waals surface area contributed by atoms with Crippen LogP contribution in [0.2, 0.25) is 0 Å². The summed E-state index contributed by atoms with van der Waals surface area (Å²) in [5, 5.41) is 1.77. The van der Waals surface area contributed by atoms with Crippen molar-refractivity contribution >= 4 is 31.9 Å². The Kier molecular flexibility index (Phi) is 6.92. The molecule has 0 unspecified atom stereocenters. The number of hydrogen-bond acceptors (Lipinski definition) is 0. The first-order valence-corrected chi connectivity index (χ1v) is 4.17. The zero-order valence-electron chi connectivity index (χ0n) is 3.82. The van der Waals surface area contributed by atoms with Crippen molar-refractivity contribution < 1.29 is 0 Å². The number of allylic oxidation sites excluding steroid dienone is 1. The SMILES string of the molecule is BrCC=C=CCBr. The molecule has 0 bridgehead atoms. The Balaban J connectivity index is 3.21. The summed E-state index contributed by atoms with van der Waals surface area (Å²) in [6, 6.07) is 0. The lowest BCUT2D eigenvalue weighted by Gasteiger charge is -1.65. The van der Waals surface area contributed by atoms with Crippen molar-refractivity contribution in [3.8, 4) is 0 Å². The fourth-order valence-corrected chi connectivity index (χ4v) is 0.546. The molecule has 0 saturated heterocycles. The van der Waals surface area contributed by atoms with E-state index in [4.69, 9.17) is 0 Å². The van der Waals surface area contributed by atoms with E-state index in [9.17, 15) is 0 Å². The third kappa shape index (κ3) is 6.48. The van der Waals surface area contributed by atoms with Crippen LogP contribution in [0.5, 0.6) is 0 Å². The molecule has 0 spiro atoms. The largest absolute Gasteiger partial charge is 0.128 e. The monoisotopic (exact) mass is 224 g/mol. The maximum absolute atomic E-state index is 3.23. The van der Waals surface area contributed by atoms with Crippen molar-refractivity contribution in [1.82, 2.24) is 0 Å². The smallest absolute Gasteiger partial charge is 0.0287 e. The van der Waals surface area contributed by atoms with Crippen LogP contribution < -0.4 is 0 Å². The van der Waals surface area contributed by atoms with Gasteiger partial charge in [0.2, 0.25) is 0 Å². The van der Waals surface area contributed by atoms with Crippen LogP contribution in [0.3, 0.4) is 0 Å². The van der Waals surface area contributed by atoms with Crippen LogP contribution in [0.4, 0.5) is 0 Å². The molecule has 0 amide bonds. The summed E-state index contributed by atoms with van der Waals surface area (Å²) < 4.78 is 0. The maximum atomic E-state index is 3.23. The van der Waals surface area contributed by atoms with Gasteiger partial charge in [-0.1, -0.05) is 31.9 Å². The molecule has 0 heterocycles. The molecular formula is C5H6Br2.